The monoisotopic (exact) mass is 203 g/mol. The summed E-state index contributed by atoms with van der Waals surface area (Å²) in [5, 5.41) is 0. The third-order valence-corrected chi connectivity index (χ3v) is 2.80. The molecular weight excluding hydrogens is 186 g/mol. The summed E-state index contributed by atoms with van der Waals surface area (Å²) in [5.41, 5.74) is 1.09. The van der Waals surface area contributed by atoms with E-state index in [0.717, 1.165) is 5.56 Å². The second-order valence-corrected chi connectivity index (χ2v) is 4.20. The van der Waals surface area contributed by atoms with Crippen LogP contribution in [0.2, 0.25) is 0 Å². The number of hydrogen-bond donors (Lipinski definition) is 0. The van der Waals surface area contributed by atoms with E-state index in [2.05, 4.69) is 34.1 Å². The summed E-state index contributed by atoms with van der Waals surface area (Å²) in [6.45, 7) is 2.41. The number of hydrogen-bond acceptors (Lipinski definition) is 3. The summed E-state index contributed by atoms with van der Waals surface area (Å²) < 4.78 is 0. The van der Waals surface area contributed by atoms with E-state index < -0.39 is 0 Å². The number of rotatable bonds is 2. The Labute approximate surface area is 90.9 Å². The Morgan fingerprint density at radius 2 is 2.20 bits per heavy atom. The molecule has 1 aliphatic heterocycles. The van der Waals surface area contributed by atoms with Crippen LogP contribution in [0.15, 0.2) is 24.8 Å². The molecule has 0 unspecified atom stereocenters. The molecule has 2 heterocycles. The minimum atomic E-state index is 0.684. The van der Waals surface area contributed by atoms with E-state index in [0.29, 0.717) is 5.92 Å². The minimum Gasteiger partial charge on any atom is -0.306 e. The van der Waals surface area contributed by atoms with E-state index in [1.165, 1.54) is 25.9 Å². The predicted octanol–water partition coefficient (Wildman–Crippen LogP) is 1.83. The molecule has 0 radical (unpaired) electrons. The van der Waals surface area contributed by atoms with Gasteiger partial charge in [0.25, 0.3) is 0 Å². The molecule has 1 aliphatic rings. The zero-order chi connectivity index (χ0) is 10.5. The van der Waals surface area contributed by atoms with E-state index in [9.17, 15) is 0 Å². The summed E-state index contributed by atoms with van der Waals surface area (Å²) >= 11 is 0. The molecule has 2 rings (SSSR count). The van der Waals surface area contributed by atoms with Gasteiger partial charge in [0.2, 0.25) is 0 Å². The Kier molecular flexibility index (Phi) is 3.45. The molecule has 3 nitrogen and oxygen atoms in total. The Bertz CT molecular complexity index is 321. The fourth-order valence-electron chi connectivity index (χ4n) is 2.01. The van der Waals surface area contributed by atoms with E-state index in [1.54, 1.807) is 6.33 Å². The zero-order valence-corrected chi connectivity index (χ0v) is 9.13. The SMILES string of the molecule is CN1CCC[C@@H](/C=C/c2cncnc2)C1. The van der Waals surface area contributed by atoms with Gasteiger partial charge in [-0.25, -0.2) is 9.97 Å². The summed E-state index contributed by atoms with van der Waals surface area (Å²) in [5.74, 6) is 0.684. The van der Waals surface area contributed by atoms with Gasteiger partial charge >= 0.3 is 0 Å². The molecule has 1 aromatic rings. The van der Waals surface area contributed by atoms with Gasteiger partial charge in [0, 0.05) is 24.5 Å². The van der Waals surface area contributed by atoms with Gasteiger partial charge in [0.05, 0.1) is 0 Å². The Morgan fingerprint density at radius 3 is 2.93 bits per heavy atom. The second kappa shape index (κ2) is 5.03. The highest BCUT2D eigenvalue weighted by Gasteiger charge is 2.13. The van der Waals surface area contributed by atoms with Crippen LogP contribution in [0.25, 0.3) is 6.08 Å². The Morgan fingerprint density at radius 1 is 1.40 bits per heavy atom. The van der Waals surface area contributed by atoms with Crippen molar-refractivity contribution in [2.24, 2.45) is 5.92 Å². The van der Waals surface area contributed by atoms with Crippen molar-refractivity contribution >= 4 is 6.08 Å². The van der Waals surface area contributed by atoms with Crippen LogP contribution in [0.5, 0.6) is 0 Å². The van der Waals surface area contributed by atoms with Crippen LogP contribution >= 0.6 is 0 Å². The van der Waals surface area contributed by atoms with Crippen LogP contribution in [0.1, 0.15) is 18.4 Å². The topological polar surface area (TPSA) is 29.0 Å². The summed E-state index contributed by atoms with van der Waals surface area (Å²) in [6.07, 6.45) is 12.3. The van der Waals surface area contributed by atoms with Gasteiger partial charge in [-0.3, -0.25) is 0 Å². The Hall–Kier alpha value is -1.22. The van der Waals surface area contributed by atoms with Gasteiger partial charge in [-0.15, -0.1) is 0 Å². The quantitative estimate of drug-likeness (QED) is 0.734. The smallest absolute Gasteiger partial charge is 0.115 e. The first-order chi connectivity index (χ1) is 7.34. The van der Waals surface area contributed by atoms with E-state index in [4.69, 9.17) is 0 Å². The molecule has 1 fully saturated rings. The van der Waals surface area contributed by atoms with Crippen molar-refractivity contribution in [1.29, 1.82) is 0 Å². The normalized spacial score (nSPS) is 23.4. The molecule has 0 N–H and O–H groups in total. The number of piperidine rings is 1. The first-order valence-corrected chi connectivity index (χ1v) is 5.46. The van der Waals surface area contributed by atoms with Crippen LogP contribution in [0.3, 0.4) is 0 Å². The summed E-state index contributed by atoms with van der Waals surface area (Å²) in [6, 6.07) is 0. The molecule has 0 aliphatic carbocycles. The van der Waals surface area contributed by atoms with Crippen LogP contribution < -0.4 is 0 Å². The van der Waals surface area contributed by atoms with Crippen molar-refractivity contribution < 1.29 is 0 Å². The second-order valence-electron chi connectivity index (χ2n) is 4.20. The fourth-order valence-corrected chi connectivity index (χ4v) is 2.01. The van der Waals surface area contributed by atoms with Crippen molar-refractivity contribution in [3.8, 4) is 0 Å². The van der Waals surface area contributed by atoms with Crippen molar-refractivity contribution in [2.75, 3.05) is 20.1 Å². The summed E-state index contributed by atoms with van der Waals surface area (Å²) in [7, 11) is 2.19. The largest absolute Gasteiger partial charge is 0.306 e. The standard InChI is InChI=1S/C12H17N3/c1-15-6-2-3-11(9-15)4-5-12-7-13-10-14-8-12/h4-5,7-8,10-11H,2-3,6,9H2,1H3/b5-4+/t11-/m0/s1. The lowest BCUT2D eigenvalue weighted by Gasteiger charge is -2.27. The first kappa shape index (κ1) is 10.3. The van der Waals surface area contributed by atoms with E-state index in [-0.39, 0.29) is 0 Å². The number of nitrogens with zero attached hydrogens (tertiary/aromatic N) is 3. The zero-order valence-electron chi connectivity index (χ0n) is 9.13. The van der Waals surface area contributed by atoms with Crippen LogP contribution in [-0.4, -0.2) is 35.0 Å². The molecule has 1 atom stereocenters. The Balaban J connectivity index is 1.93. The molecule has 0 amide bonds. The van der Waals surface area contributed by atoms with Gasteiger partial charge in [-0.1, -0.05) is 12.2 Å². The molecule has 80 valence electrons. The molecule has 0 bridgehead atoms. The predicted molar refractivity (Wildman–Crippen MR) is 61.3 cm³/mol. The van der Waals surface area contributed by atoms with E-state index >= 15 is 0 Å². The highest BCUT2D eigenvalue weighted by molar-refractivity contribution is 5.46. The van der Waals surface area contributed by atoms with Crippen LogP contribution in [0.4, 0.5) is 0 Å². The number of aromatic nitrogens is 2. The summed E-state index contributed by atoms with van der Waals surface area (Å²) in [4.78, 5) is 10.4. The lowest BCUT2D eigenvalue weighted by atomic mass is 9.97. The van der Waals surface area contributed by atoms with Gasteiger partial charge in [0.1, 0.15) is 6.33 Å². The van der Waals surface area contributed by atoms with Gasteiger partial charge < -0.3 is 4.90 Å². The fraction of sp³-hybridized carbons (Fsp3) is 0.500. The van der Waals surface area contributed by atoms with Crippen molar-refractivity contribution in [2.45, 2.75) is 12.8 Å². The third-order valence-electron chi connectivity index (χ3n) is 2.80. The van der Waals surface area contributed by atoms with Crippen LogP contribution in [0, 0.1) is 5.92 Å². The molecule has 0 aromatic carbocycles. The average molecular weight is 203 g/mol. The molecule has 0 spiro atoms. The van der Waals surface area contributed by atoms with E-state index in [1.807, 2.05) is 12.4 Å². The minimum absolute atomic E-state index is 0.684. The van der Waals surface area contributed by atoms with Crippen molar-refractivity contribution in [3.05, 3.63) is 30.4 Å². The van der Waals surface area contributed by atoms with Crippen LogP contribution in [-0.2, 0) is 0 Å². The maximum atomic E-state index is 3.99. The first-order valence-electron chi connectivity index (χ1n) is 5.46. The average Bonchev–Trinajstić information content (AvgIpc) is 2.28. The molecule has 1 aromatic heterocycles. The molecule has 3 heteroatoms. The third kappa shape index (κ3) is 3.13. The molecular formula is C12H17N3. The van der Waals surface area contributed by atoms with Crippen molar-refractivity contribution in [1.82, 2.24) is 14.9 Å². The number of likely N-dealkylation sites (tertiary alicyclic amines) is 1. The maximum absolute atomic E-state index is 3.99. The molecule has 15 heavy (non-hydrogen) atoms. The molecule has 1 saturated heterocycles. The lowest BCUT2D eigenvalue weighted by Crippen LogP contribution is -2.30. The maximum Gasteiger partial charge on any atom is 0.115 e. The van der Waals surface area contributed by atoms with Gasteiger partial charge in [0.15, 0.2) is 0 Å². The lowest BCUT2D eigenvalue weighted by molar-refractivity contribution is 0.238. The van der Waals surface area contributed by atoms with Gasteiger partial charge in [-0.05, 0) is 32.4 Å². The van der Waals surface area contributed by atoms with Gasteiger partial charge in [-0.2, -0.15) is 0 Å². The highest BCUT2D eigenvalue weighted by Crippen LogP contribution is 2.17. The van der Waals surface area contributed by atoms with Crippen molar-refractivity contribution in [3.63, 3.8) is 0 Å². The highest BCUT2D eigenvalue weighted by atomic mass is 15.1. The molecule has 0 saturated carbocycles.